The van der Waals surface area contributed by atoms with Crippen molar-refractivity contribution in [1.82, 2.24) is 0 Å². The predicted molar refractivity (Wildman–Crippen MR) is 127 cm³/mol. The van der Waals surface area contributed by atoms with Gasteiger partial charge in [-0.05, 0) is 42.5 Å². The molecule has 0 atom stereocenters. The van der Waals surface area contributed by atoms with Crippen LogP contribution in [0.1, 0.15) is 20.7 Å². The molecule has 12 heteroatoms. The maximum atomic E-state index is 13.0. The number of rotatable bonds is 5. The van der Waals surface area contributed by atoms with Gasteiger partial charge in [0.2, 0.25) is 5.91 Å². The molecule has 1 aliphatic rings. The van der Waals surface area contributed by atoms with E-state index in [1.807, 2.05) is 0 Å². The molecule has 1 heterocycles. The SMILES string of the molecule is CS(=O)(=O)c1cc(C(=O)Nc2ccc(C(=O)N3CC(=O)Nc4ccccc43)cc2)cc([N+](=O)[O-])c1. The molecule has 2 N–H and O–H groups in total. The zero-order chi connectivity index (χ0) is 25.3. The number of nitrogens with one attached hydrogen (secondary N) is 2. The molecular formula is C23H18N4O7S. The molecule has 0 spiro atoms. The summed E-state index contributed by atoms with van der Waals surface area (Å²) in [7, 11) is -3.79. The number of nitro groups is 1. The second kappa shape index (κ2) is 8.99. The molecule has 178 valence electrons. The molecule has 3 amide bonds. The molecule has 0 fully saturated rings. The van der Waals surface area contributed by atoms with Crippen molar-refractivity contribution in [3.05, 3.63) is 88.0 Å². The summed E-state index contributed by atoms with van der Waals surface area (Å²) >= 11 is 0. The zero-order valence-corrected chi connectivity index (χ0v) is 19.0. The van der Waals surface area contributed by atoms with Gasteiger partial charge in [0.25, 0.3) is 17.5 Å². The highest BCUT2D eigenvalue weighted by atomic mass is 32.2. The maximum Gasteiger partial charge on any atom is 0.271 e. The van der Waals surface area contributed by atoms with Crippen molar-refractivity contribution >= 4 is 50.3 Å². The lowest BCUT2D eigenvalue weighted by atomic mass is 10.1. The smallest absolute Gasteiger partial charge is 0.271 e. The number of benzene rings is 3. The number of non-ortho nitro benzene ring substituents is 1. The first kappa shape index (κ1) is 23.6. The van der Waals surface area contributed by atoms with E-state index in [0.717, 1.165) is 24.5 Å². The Hall–Kier alpha value is -4.58. The molecule has 3 aromatic carbocycles. The summed E-state index contributed by atoms with van der Waals surface area (Å²) in [6.45, 7) is -0.149. The van der Waals surface area contributed by atoms with E-state index in [4.69, 9.17) is 0 Å². The number of para-hydroxylation sites is 2. The Labute approximate surface area is 199 Å². The van der Waals surface area contributed by atoms with Gasteiger partial charge in [-0.2, -0.15) is 0 Å². The molecule has 0 saturated carbocycles. The average Bonchev–Trinajstić information content (AvgIpc) is 2.82. The highest BCUT2D eigenvalue weighted by molar-refractivity contribution is 7.90. The van der Waals surface area contributed by atoms with Gasteiger partial charge in [0.05, 0.1) is 21.2 Å². The summed E-state index contributed by atoms with van der Waals surface area (Å²) in [6, 6.07) is 15.6. The lowest BCUT2D eigenvalue weighted by Crippen LogP contribution is -2.42. The molecule has 0 aliphatic carbocycles. The number of amides is 3. The summed E-state index contributed by atoms with van der Waals surface area (Å²) in [5, 5.41) is 16.4. The van der Waals surface area contributed by atoms with Crippen molar-refractivity contribution in [2.45, 2.75) is 4.90 Å². The fraction of sp³-hybridized carbons (Fsp3) is 0.0870. The van der Waals surface area contributed by atoms with Gasteiger partial charge in [0.15, 0.2) is 9.84 Å². The van der Waals surface area contributed by atoms with Gasteiger partial charge in [-0.25, -0.2) is 8.42 Å². The van der Waals surface area contributed by atoms with E-state index in [0.29, 0.717) is 11.4 Å². The second-order valence-electron chi connectivity index (χ2n) is 7.73. The van der Waals surface area contributed by atoms with E-state index in [1.54, 1.807) is 24.3 Å². The van der Waals surface area contributed by atoms with Crippen molar-refractivity contribution in [2.24, 2.45) is 0 Å². The third-order valence-corrected chi connectivity index (χ3v) is 6.29. The van der Waals surface area contributed by atoms with E-state index in [2.05, 4.69) is 10.6 Å². The maximum absolute atomic E-state index is 13.0. The van der Waals surface area contributed by atoms with Crippen molar-refractivity contribution in [3.63, 3.8) is 0 Å². The molecule has 0 saturated heterocycles. The standard InChI is InChI=1S/C23H18N4O7S/c1-35(33,34)18-11-15(10-17(12-18)27(31)32)22(29)24-16-8-6-14(7-9-16)23(30)26-13-21(28)25-19-4-2-3-5-20(19)26/h2-12H,13H2,1H3,(H,24,29)(H,25,28). The van der Waals surface area contributed by atoms with Gasteiger partial charge in [0, 0.05) is 35.2 Å². The first-order valence-electron chi connectivity index (χ1n) is 10.1. The number of carbonyl (C=O) groups is 3. The Balaban J connectivity index is 1.55. The summed E-state index contributed by atoms with van der Waals surface area (Å²) < 4.78 is 23.7. The number of nitro benzene ring substituents is 1. The van der Waals surface area contributed by atoms with Crippen molar-refractivity contribution in [3.8, 4) is 0 Å². The number of hydrogen-bond acceptors (Lipinski definition) is 7. The summed E-state index contributed by atoms with van der Waals surface area (Å²) in [6.07, 6.45) is 0.883. The van der Waals surface area contributed by atoms with Crippen LogP contribution in [0.25, 0.3) is 0 Å². The highest BCUT2D eigenvalue weighted by Crippen LogP contribution is 2.30. The van der Waals surface area contributed by atoms with E-state index in [1.165, 1.54) is 29.2 Å². The third-order valence-electron chi connectivity index (χ3n) is 5.20. The summed E-state index contributed by atoms with van der Waals surface area (Å²) in [4.78, 5) is 49.1. The van der Waals surface area contributed by atoms with Crippen LogP contribution in [0.15, 0.2) is 71.6 Å². The number of fused-ring (bicyclic) bond motifs is 1. The van der Waals surface area contributed by atoms with Gasteiger partial charge in [-0.3, -0.25) is 29.4 Å². The highest BCUT2D eigenvalue weighted by Gasteiger charge is 2.27. The third kappa shape index (κ3) is 5.01. The van der Waals surface area contributed by atoms with Gasteiger partial charge < -0.3 is 10.6 Å². The Morgan fingerprint density at radius 3 is 2.37 bits per heavy atom. The lowest BCUT2D eigenvalue weighted by molar-refractivity contribution is -0.385. The minimum Gasteiger partial charge on any atom is -0.323 e. The molecule has 4 rings (SSSR count). The van der Waals surface area contributed by atoms with Crippen molar-refractivity contribution in [2.75, 3.05) is 28.3 Å². The number of sulfone groups is 1. The monoisotopic (exact) mass is 494 g/mol. The van der Waals surface area contributed by atoms with Crippen LogP contribution in [0, 0.1) is 10.1 Å². The molecule has 35 heavy (non-hydrogen) atoms. The summed E-state index contributed by atoms with van der Waals surface area (Å²) in [5.41, 5.74) is 0.867. The first-order chi connectivity index (χ1) is 16.5. The number of carbonyl (C=O) groups excluding carboxylic acids is 3. The quantitative estimate of drug-likeness (QED) is 0.408. The Morgan fingerprint density at radius 2 is 1.71 bits per heavy atom. The number of anilines is 3. The van der Waals surface area contributed by atoms with Crippen LogP contribution in [0.4, 0.5) is 22.7 Å². The van der Waals surface area contributed by atoms with Crippen LogP contribution >= 0.6 is 0 Å². The molecule has 0 aromatic heterocycles. The topological polar surface area (TPSA) is 156 Å². The molecule has 0 bridgehead atoms. The fourth-order valence-corrected chi connectivity index (χ4v) is 4.18. The minimum absolute atomic E-state index is 0.149. The molecule has 3 aromatic rings. The second-order valence-corrected chi connectivity index (χ2v) is 9.75. The Kier molecular flexibility index (Phi) is 6.05. The normalized spacial score (nSPS) is 12.9. The molecule has 0 unspecified atom stereocenters. The zero-order valence-electron chi connectivity index (χ0n) is 18.2. The Bertz CT molecular complexity index is 1480. The van der Waals surface area contributed by atoms with Crippen LogP contribution in [0.5, 0.6) is 0 Å². The lowest BCUT2D eigenvalue weighted by Gasteiger charge is -2.29. The Morgan fingerprint density at radius 1 is 1.03 bits per heavy atom. The van der Waals surface area contributed by atoms with Crippen LogP contribution in [0.2, 0.25) is 0 Å². The minimum atomic E-state index is -3.79. The average molecular weight is 494 g/mol. The van der Waals surface area contributed by atoms with Crippen LogP contribution in [0.3, 0.4) is 0 Å². The van der Waals surface area contributed by atoms with Crippen LogP contribution in [-0.4, -0.2) is 43.9 Å². The van der Waals surface area contributed by atoms with E-state index < -0.39 is 32.3 Å². The first-order valence-corrected chi connectivity index (χ1v) is 12.0. The van der Waals surface area contributed by atoms with Gasteiger partial charge in [-0.1, -0.05) is 12.1 Å². The number of nitrogens with zero attached hydrogens (tertiary/aromatic N) is 2. The molecule has 1 aliphatic heterocycles. The van der Waals surface area contributed by atoms with E-state index >= 15 is 0 Å². The number of hydrogen-bond donors (Lipinski definition) is 2. The largest absolute Gasteiger partial charge is 0.323 e. The van der Waals surface area contributed by atoms with Gasteiger partial charge >= 0.3 is 0 Å². The van der Waals surface area contributed by atoms with Crippen LogP contribution < -0.4 is 15.5 Å². The van der Waals surface area contributed by atoms with Crippen molar-refractivity contribution < 1.29 is 27.7 Å². The van der Waals surface area contributed by atoms with Gasteiger partial charge in [0.1, 0.15) is 6.54 Å². The predicted octanol–water partition coefficient (Wildman–Crippen LogP) is 2.85. The van der Waals surface area contributed by atoms with Gasteiger partial charge in [-0.15, -0.1) is 0 Å². The fourth-order valence-electron chi connectivity index (χ4n) is 3.50. The molecule has 0 radical (unpaired) electrons. The summed E-state index contributed by atoms with van der Waals surface area (Å²) in [5.74, 6) is -1.51. The van der Waals surface area contributed by atoms with Crippen molar-refractivity contribution in [1.29, 1.82) is 0 Å². The van der Waals surface area contributed by atoms with E-state index in [9.17, 15) is 32.9 Å². The van der Waals surface area contributed by atoms with Crippen LogP contribution in [-0.2, 0) is 14.6 Å². The molecular weight excluding hydrogens is 476 g/mol. The van der Waals surface area contributed by atoms with E-state index in [-0.39, 0.29) is 34.2 Å². The molecule has 11 nitrogen and oxygen atoms in total.